The maximum atomic E-state index is 12.7. The first kappa shape index (κ1) is 17.7. The number of amides is 1. The van der Waals surface area contributed by atoms with E-state index in [2.05, 4.69) is 12.2 Å². The molecule has 1 fully saturated rings. The van der Waals surface area contributed by atoms with Gasteiger partial charge in [-0.25, -0.2) is 8.42 Å². The molecule has 1 amide bonds. The van der Waals surface area contributed by atoms with Gasteiger partial charge in [0, 0.05) is 18.8 Å². The van der Waals surface area contributed by atoms with Crippen LogP contribution < -0.4 is 5.32 Å². The minimum absolute atomic E-state index is 0.249. The summed E-state index contributed by atoms with van der Waals surface area (Å²) in [6, 6.07) is 7.88. The van der Waals surface area contributed by atoms with Gasteiger partial charge in [0.2, 0.25) is 10.0 Å². The number of sulfonamides is 1. The zero-order chi connectivity index (χ0) is 18.0. The van der Waals surface area contributed by atoms with Crippen LogP contribution in [0.1, 0.15) is 35.9 Å². The third-order valence-corrected chi connectivity index (χ3v) is 6.35. The van der Waals surface area contributed by atoms with Crippen molar-refractivity contribution in [2.45, 2.75) is 31.6 Å². The molecule has 0 unspecified atom stereocenters. The van der Waals surface area contributed by atoms with Crippen LogP contribution in [0.3, 0.4) is 0 Å². The minimum Gasteiger partial charge on any atom is -0.469 e. The predicted octanol–water partition coefficient (Wildman–Crippen LogP) is 3.26. The van der Waals surface area contributed by atoms with E-state index in [0.29, 0.717) is 36.0 Å². The molecular formula is C18H22N2O4S. The Morgan fingerprint density at radius 1 is 1.24 bits per heavy atom. The Kier molecular flexibility index (Phi) is 4.96. The van der Waals surface area contributed by atoms with Crippen LogP contribution >= 0.6 is 0 Å². The van der Waals surface area contributed by atoms with Crippen molar-refractivity contribution in [3.05, 3.63) is 47.9 Å². The number of aryl methyl sites for hydroxylation is 1. The molecule has 1 atom stereocenters. The lowest BCUT2D eigenvalue weighted by atomic mass is 10.0. The molecule has 3 rings (SSSR count). The third-order valence-electron chi connectivity index (χ3n) is 4.47. The second kappa shape index (κ2) is 7.01. The maximum Gasteiger partial charge on any atom is 0.259 e. The highest BCUT2D eigenvalue weighted by Gasteiger charge is 2.28. The summed E-state index contributed by atoms with van der Waals surface area (Å²) in [5.41, 5.74) is 0.996. The summed E-state index contributed by atoms with van der Waals surface area (Å²) in [5, 5.41) is 2.74. The molecule has 0 radical (unpaired) electrons. The molecule has 0 spiro atoms. The van der Waals surface area contributed by atoms with Gasteiger partial charge >= 0.3 is 0 Å². The Morgan fingerprint density at radius 2 is 1.96 bits per heavy atom. The Balaban J connectivity index is 1.73. The summed E-state index contributed by atoms with van der Waals surface area (Å²) in [6.07, 6.45) is 3.41. The Morgan fingerprint density at radius 3 is 2.56 bits per heavy atom. The van der Waals surface area contributed by atoms with Gasteiger partial charge in [-0.15, -0.1) is 0 Å². The number of anilines is 1. The van der Waals surface area contributed by atoms with E-state index in [1.54, 1.807) is 29.4 Å². The number of carbonyl (C=O) groups is 1. The zero-order valence-electron chi connectivity index (χ0n) is 14.4. The van der Waals surface area contributed by atoms with E-state index in [-0.39, 0.29) is 10.8 Å². The summed E-state index contributed by atoms with van der Waals surface area (Å²) in [7, 11) is -3.48. The van der Waals surface area contributed by atoms with Gasteiger partial charge in [-0.1, -0.05) is 6.92 Å². The zero-order valence-corrected chi connectivity index (χ0v) is 15.2. The quantitative estimate of drug-likeness (QED) is 0.905. The van der Waals surface area contributed by atoms with Gasteiger partial charge in [0.1, 0.15) is 5.76 Å². The maximum absolute atomic E-state index is 12.7. The summed E-state index contributed by atoms with van der Waals surface area (Å²) in [6.45, 7) is 4.90. The van der Waals surface area contributed by atoms with Crippen molar-refractivity contribution in [3.63, 3.8) is 0 Å². The molecule has 0 bridgehead atoms. The average Bonchev–Trinajstić information content (AvgIpc) is 3.01. The number of hydrogen-bond acceptors (Lipinski definition) is 4. The molecule has 25 heavy (non-hydrogen) atoms. The summed E-state index contributed by atoms with van der Waals surface area (Å²) >= 11 is 0. The molecular weight excluding hydrogens is 340 g/mol. The molecule has 134 valence electrons. The van der Waals surface area contributed by atoms with Crippen LogP contribution in [-0.2, 0) is 10.0 Å². The molecule has 7 heteroatoms. The third kappa shape index (κ3) is 3.77. The van der Waals surface area contributed by atoms with E-state index in [4.69, 9.17) is 4.42 Å². The van der Waals surface area contributed by atoms with Crippen molar-refractivity contribution < 1.29 is 17.6 Å². The van der Waals surface area contributed by atoms with Gasteiger partial charge in [0.05, 0.1) is 16.7 Å². The predicted molar refractivity (Wildman–Crippen MR) is 95.0 cm³/mol. The highest BCUT2D eigenvalue weighted by Crippen LogP contribution is 2.24. The van der Waals surface area contributed by atoms with Crippen LogP contribution in [0.4, 0.5) is 5.69 Å². The summed E-state index contributed by atoms with van der Waals surface area (Å²) in [5.74, 6) is 0.628. The van der Waals surface area contributed by atoms with E-state index in [1.165, 1.54) is 18.4 Å². The largest absolute Gasteiger partial charge is 0.469 e. The number of carbonyl (C=O) groups excluding carboxylic acids is 1. The first-order valence-electron chi connectivity index (χ1n) is 8.33. The number of furan rings is 1. The number of nitrogens with one attached hydrogen (secondary N) is 1. The second-order valence-corrected chi connectivity index (χ2v) is 8.42. The highest BCUT2D eigenvalue weighted by atomic mass is 32.2. The van der Waals surface area contributed by atoms with Gasteiger partial charge in [-0.2, -0.15) is 4.31 Å². The van der Waals surface area contributed by atoms with E-state index >= 15 is 0 Å². The lowest BCUT2D eigenvalue weighted by Crippen LogP contribution is -2.39. The van der Waals surface area contributed by atoms with Crippen LogP contribution in [0.25, 0.3) is 0 Å². The molecule has 1 aliphatic rings. The van der Waals surface area contributed by atoms with Gasteiger partial charge in [-0.05, 0) is 56.0 Å². The molecule has 1 aromatic heterocycles. The van der Waals surface area contributed by atoms with E-state index in [1.807, 2.05) is 0 Å². The Labute approximate surface area is 147 Å². The number of benzene rings is 1. The van der Waals surface area contributed by atoms with Crippen LogP contribution in [0.5, 0.6) is 0 Å². The van der Waals surface area contributed by atoms with Crippen LogP contribution in [0, 0.1) is 12.8 Å². The molecule has 0 saturated carbocycles. The fraction of sp³-hybridized carbons (Fsp3) is 0.389. The van der Waals surface area contributed by atoms with Gasteiger partial charge in [-0.3, -0.25) is 4.79 Å². The summed E-state index contributed by atoms with van der Waals surface area (Å²) < 4.78 is 32.1. The van der Waals surface area contributed by atoms with Crippen LogP contribution in [-0.4, -0.2) is 31.7 Å². The standard InChI is InChI=1S/C18H22N2O4S/c1-13-4-3-10-20(12-13)25(22,23)16-7-5-15(6-8-16)19-18(21)17-9-11-24-14(17)2/h5-9,11,13H,3-4,10,12H2,1-2H3,(H,19,21)/t13-/m1/s1. The van der Waals surface area contributed by atoms with E-state index in [9.17, 15) is 13.2 Å². The molecule has 1 aliphatic heterocycles. The average molecular weight is 362 g/mol. The lowest BCUT2D eigenvalue weighted by molar-refractivity contribution is 0.102. The molecule has 6 nitrogen and oxygen atoms in total. The van der Waals surface area contributed by atoms with E-state index < -0.39 is 10.0 Å². The van der Waals surface area contributed by atoms with Crippen molar-refractivity contribution in [2.75, 3.05) is 18.4 Å². The van der Waals surface area contributed by atoms with Crippen molar-refractivity contribution >= 4 is 21.6 Å². The summed E-state index contributed by atoms with van der Waals surface area (Å²) in [4.78, 5) is 12.4. The van der Waals surface area contributed by atoms with Gasteiger partial charge in [0.15, 0.2) is 0 Å². The minimum atomic E-state index is -3.48. The van der Waals surface area contributed by atoms with Crippen molar-refractivity contribution in [1.82, 2.24) is 4.31 Å². The topological polar surface area (TPSA) is 79.6 Å². The first-order chi connectivity index (χ1) is 11.9. The van der Waals surface area contributed by atoms with Crippen molar-refractivity contribution in [3.8, 4) is 0 Å². The molecule has 2 heterocycles. The number of nitrogens with zero attached hydrogens (tertiary/aromatic N) is 1. The second-order valence-electron chi connectivity index (χ2n) is 6.48. The molecule has 2 aromatic rings. The van der Waals surface area contributed by atoms with Gasteiger partial charge in [0.25, 0.3) is 5.91 Å². The highest BCUT2D eigenvalue weighted by molar-refractivity contribution is 7.89. The molecule has 1 saturated heterocycles. The normalized spacial score (nSPS) is 18.9. The number of rotatable bonds is 4. The molecule has 1 N–H and O–H groups in total. The Bertz CT molecular complexity index is 855. The lowest BCUT2D eigenvalue weighted by Gasteiger charge is -2.30. The number of piperidine rings is 1. The number of hydrogen-bond donors (Lipinski definition) is 1. The smallest absolute Gasteiger partial charge is 0.259 e. The van der Waals surface area contributed by atoms with Crippen molar-refractivity contribution in [1.29, 1.82) is 0 Å². The van der Waals surface area contributed by atoms with Gasteiger partial charge < -0.3 is 9.73 Å². The monoisotopic (exact) mass is 362 g/mol. The van der Waals surface area contributed by atoms with Crippen molar-refractivity contribution in [2.24, 2.45) is 5.92 Å². The van der Waals surface area contributed by atoms with Crippen LogP contribution in [0.2, 0.25) is 0 Å². The first-order valence-corrected chi connectivity index (χ1v) is 9.77. The fourth-order valence-corrected chi connectivity index (χ4v) is 4.64. The molecule has 0 aliphatic carbocycles. The van der Waals surface area contributed by atoms with Crippen LogP contribution in [0.15, 0.2) is 45.9 Å². The molecule has 1 aromatic carbocycles. The van der Waals surface area contributed by atoms with E-state index in [0.717, 1.165) is 12.8 Å². The fourth-order valence-electron chi connectivity index (χ4n) is 3.04. The SMILES string of the molecule is Cc1occc1C(=O)Nc1ccc(S(=O)(=O)N2CCC[C@@H](C)C2)cc1. The Hall–Kier alpha value is -2.12.